The quantitative estimate of drug-likeness (QED) is 0.712. The van der Waals surface area contributed by atoms with Gasteiger partial charge in [0.2, 0.25) is 5.88 Å². The van der Waals surface area contributed by atoms with Crippen LogP contribution in [0.1, 0.15) is 11.3 Å². The number of hydrogen-bond donors (Lipinski definition) is 1. The molecule has 4 heteroatoms. The molecule has 0 aliphatic carbocycles. The molecule has 0 spiro atoms. The van der Waals surface area contributed by atoms with E-state index in [0.717, 1.165) is 17.0 Å². The maximum atomic E-state index is 5.61. The summed E-state index contributed by atoms with van der Waals surface area (Å²) in [5.41, 5.74) is 11.1. The Morgan fingerprint density at radius 1 is 1.22 bits per heavy atom. The van der Waals surface area contributed by atoms with Gasteiger partial charge in [-0.2, -0.15) is 0 Å². The topological polar surface area (TPSA) is 57.0 Å². The first-order valence-electron chi connectivity index (χ1n) is 5.86. The Bertz CT molecular complexity index is 737. The Labute approximate surface area is 105 Å². The fourth-order valence-corrected chi connectivity index (χ4v) is 2.42. The molecule has 0 radical (unpaired) electrons. The van der Waals surface area contributed by atoms with Crippen LogP contribution in [0.4, 0.5) is 5.88 Å². The molecule has 4 nitrogen and oxygen atoms in total. The van der Waals surface area contributed by atoms with Crippen molar-refractivity contribution in [2.45, 2.75) is 13.8 Å². The van der Waals surface area contributed by atoms with Crippen molar-refractivity contribution < 1.29 is 4.52 Å². The largest absolute Gasteiger partial charge is 0.368 e. The standard InChI is InChI=1S/C14H15N3O/c1-8-4-5-12-10(6-8)14(9(2)17(12)3)11-7-13(15)18-16-11/h4-7H,15H2,1-3H3. The van der Waals surface area contributed by atoms with E-state index in [9.17, 15) is 0 Å². The van der Waals surface area contributed by atoms with Gasteiger partial charge in [0.05, 0.1) is 0 Å². The molecular weight excluding hydrogens is 226 g/mol. The van der Waals surface area contributed by atoms with Crippen LogP contribution in [0.5, 0.6) is 0 Å². The fraction of sp³-hybridized carbons (Fsp3) is 0.214. The van der Waals surface area contributed by atoms with Gasteiger partial charge in [0.15, 0.2) is 0 Å². The van der Waals surface area contributed by atoms with Gasteiger partial charge >= 0.3 is 0 Å². The van der Waals surface area contributed by atoms with E-state index < -0.39 is 0 Å². The SMILES string of the molecule is Cc1ccc2c(c1)c(-c1cc(N)on1)c(C)n2C. The molecule has 0 bridgehead atoms. The third-order valence-corrected chi connectivity index (χ3v) is 3.43. The van der Waals surface area contributed by atoms with Crippen molar-refractivity contribution >= 4 is 16.8 Å². The lowest BCUT2D eigenvalue weighted by molar-refractivity contribution is 0.439. The normalized spacial score (nSPS) is 11.3. The first kappa shape index (κ1) is 10.9. The predicted molar refractivity (Wildman–Crippen MR) is 72.3 cm³/mol. The van der Waals surface area contributed by atoms with Crippen molar-refractivity contribution in [2.24, 2.45) is 7.05 Å². The molecule has 0 amide bonds. The number of rotatable bonds is 1. The monoisotopic (exact) mass is 241 g/mol. The van der Waals surface area contributed by atoms with Gasteiger partial charge in [0.1, 0.15) is 5.69 Å². The highest BCUT2D eigenvalue weighted by atomic mass is 16.5. The van der Waals surface area contributed by atoms with Crippen molar-refractivity contribution in [1.29, 1.82) is 0 Å². The summed E-state index contributed by atoms with van der Waals surface area (Å²) in [6, 6.07) is 8.18. The molecule has 0 aliphatic rings. The van der Waals surface area contributed by atoms with Crippen molar-refractivity contribution in [3.05, 3.63) is 35.5 Å². The van der Waals surface area contributed by atoms with E-state index in [1.54, 1.807) is 6.07 Å². The van der Waals surface area contributed by atoms with Crippen LogP contribution in [0.3, 0.4) is 0 Å². The zero-order valence-corrected chi connectivity index (χ0v) is 10.7. The summed E-state index contributed by atoms with van der Waals surface area (Å²) >= 11 is 0. The van der Waals surface area contributed by atoms with Gasteiger partial charge in [-0.25, -0.2) is 0 Å². The smallest absolute Gasteiger partial charge is 0.222 e. The number of nitrogen functional groups attached to an aromatic ring is 1. The van der Waals surface area contributed by atoms with Crippen LogP contribution < -0.4 is 5.73 Å². The van der Waals surface area contributed by atoms with Gasteiger partial charge in [-0.05, 0) is 26.0 Å². The van der Waals surface area contributed by atoms with E-state index in [4.69, 9.17) is 10.3 Å². The number of nitrogens with two attached hydrogens (primary N) is 1. The van der Waals surface area contributed by atoms with Crippen LogP contribution in [0.25, 0.3) is 22.2 Å². The van der Waals surface area contributed by atoms with E-state index in [-0.39, 0.29) is 0 Å². The Kier molecular flexibility index (Phi) is 2.20. The second-order valence-corrected chi connectivity index (χ2v) is 4.65. The van der Waals surface area contributed by atoms with Crippen molar-refractivity contribution in [3.8, 4) is 11.3 Å². The minimum Gasteiger partial charge on any atom is -0.368 e. The number of anilines is 1. The molecule has 3 aromatic rings. The van der Waals surface area contributed by atoms with Crippen LogP contribution in [-0.4, -0.2) is 9.72 Å². The van der Waals surface area contributed by atoms with Crippen LogP contribution >= 0.6 is 0 Å². The summed E-state index contributed by atoms with van der Waals surface area (Å²) in [5, 5.41) is 5.21. The summed E-state index contributed by atoms with van der Waals surface area (Å²) in [6.45, 7) is 4.16. The average Bonchev–Trinajstić information content (AvgIpc) is 2.84. The molecule has 1 aromatic carbocycles. The molecule has 3 rings (SSSR count). The van der Waals surface area contributed by atoms with Gasteiger partial charge in [-0.1, -0.05) is 16.8 Å². The summed E-state index contributed by atoms with van der Waals surface area (Å²) in [7, 11) is 2.06. The molecule has 0 unspecified atom stereocenters. The predicted octanol–water partition coefficient (Wildman–Crippen LogP) is 3.03. The molecule has 92 valence electrons. The zero-order chi connectivity index (χ0) is 12.9. The molecule has 18 heavy (non-hydrogen) atoms. The van der Waals surface area contributed by atoms with Crippen LogP contribution in [0.15, 0.2) is 28.8 Å². The third-order valence-electron chi connectivity index (χ3n) is 3.43. The molecule has 0 saturated carbocycles. The Hall–Kier alpha value is -2.23. The van der Waals surface area contributed by atoms with E-state index >= 15 is 0 Å². The van der Waals surface area contributed by atoms with Crippen molar-refractivity contribution in [1.82, 2.24) is 9.72 Å². The minimum atomic E-state index is 0.342. The maximum Gasteiger partial charge on any atom is 0.222 e. The highest BCUT2D eigenvalue weighted by molar-refractivity contribution is 5.97. The average molecular weight is 241 g/mol. The van der Waals surface area contributed by atoms with Gasteiger partial charge < -0.3 is 14.8 Å². The van der Waals surface area contributed by atoms with Gasteiger partial charge in [-0.3, -0.25) is 0 Å². The van der Waals surface area contributed by atoms with Gasteiger partial charge in [0.25, 0.3) is 0 Å². The third kappa shape index (κ3) is 1.42. The fourth-order valence-electron chi connectivity index (χ4n) is 2.42. The number of fused-ring (bicyclic) bond motifs is 1. The number of aromatic nitrogens is 2. The summed E-state index contributed by atoms with van der Waals surface area (Å²) in [6.07, 6.45) is 0. The maximum absolute atomic E-state index is 5.61. The molecular formula is C14H15N3O. The lowest BCUT2D eigenvalue weighted by atomic mass is 10.1. The number of hydrogen-bond acceptors (Lipinski definition) is 3. The lowest BCUT2D eigenvalue weighted by Crippen LogP contribution is -1.90. The van der Waals surface area contributed by atoms with Crippen LogP contribution in [0.2, 0.25) is 0 Å². The summed E-state index contributed by atoms with van der Waals surface area (Å²) < 4.78 is 7.14. The van der Waals surface area contributed by atoms with Crippen LogP contribution in [-0.2, 0) is 7.05 Å². The number of nitrogens with zero attached hydrogens (tertiary/aromatic N) is 2. The molecule has 2 N–H and O–H groups in total. The van der Waals surface area contributed by atoms with Crippen LogP contribution in [0, 0.1) is 13.8 Å². The Morgan fingerprint density at radius 2 is 2.00 bits per heavy atom. The molecule has 2 aromatic heterocycles. The van der Waals surface area contributed by atoms with E-state index in [0.29, 0.717) is 5.88 Å². The minimum absolute atomic E-state index is 0.342. The lowest BCUT2D eigenvalue weighted by Gasteiger charge is -1.98. The molecule has 0 saturated heterocycles. The molecule has 0 fully saturated rings. The first-order valence-corrected chi connectivity index (χ1v) is 5.86. The number of benzene rings is 1. The highest BCUT2D eigenvalue weighted by Gasteiger charge is 2.16. The van der Waals surface area contributed by atoms with E-state index in [2.05, 4.69) is 48.8 Å². The molecule has 0 atom stereocenters. The van der Waals surface area contributed by atoms with Gasteiger partial charge in [-0.15, -0.1) is 0 Å². The second kappa shape index (κ2) is 3.63. The summed E-state index contributed by atoms with van der Waals surface area (Å²) in [4.78, 5) is 0. The first-order chi connectivity index (χ1) is 8.58. The molecule has 2 heterocycles. The molecule has 0 aliphatic heterocycles. The Morgan fingerprint density at radius 3 is 2.67 bits per heavy atom. The summed E-state index contributed by atoms with van der Waals surface area (Å²) in [5.74, 6) is 0.342. The van der Waals surface area contributed by atoms with Crippen molar-refractivity contribution in [3.63, 3.8) is 0 Å². The number of aryl methyl sites for hydroxylation is 2. The highest BCUT2D eigenvalue weighted by Crippen LogP contribution is 2.34. The van der Waals surface area contributed by atoms with E-state index in [1.807, 2.05) is 0 Å². The Balaban J connectivity index is 2.40. The van der Waals surface area contributed by atoms with Gasteiger partial charge in [0, 0.05) is 35.3 Å². The van der Waals surface area contributed by atoms with E-state index in [1.165, 1.54) is 16.5 Å². The van der Waals surface area contributed by atoms with Crippen molar-refractivity contribution in [2.75, 3.05) is 5.73 Å². The zero-order valence-electron chi connectivity index (χ0n) is 10.7. The second-order valence-electron chi connectivity index (χ2n) is 4.65.